The van der Waals surface area contributed by atoms with E-state index in [1.165, 1.54) is 18.6 Å². The summed E-state index contributed by atoms with van der Waals surface area (Å²) in [5.41, 5.74) is 38.8. The number of nitrogens with zero attached hydrogens (tertiary/aromatic N) is 3. The van der Waals surface area contributed by atoms with Gasteiger partial charge in [-0.3, -0.25) is 63.8 Å². The molecule has 0 aromatic heterocycles. The van der Waals surface area contributed by atoms with Crippen LogP contribution in [-0.4, -0.2) is 185 Å². The Morgan fingerprint density at radius 2 is 0.688 bits per heavy atom. The van der Waals surface area contributed by atoms with E-state index in [-0.39, 0.29) is 35.6 Å². The van der Waals surface area contributed by atoms with Crippen molar-refractivity contribution in [1.29, 1.82) is 0 Å². The predicted molar refractivity (Wildman–Crippen MR) is 286 cm³/mol. The smallest absolute Gasteiger partial charge is 0.338 e. The largest absolute Gasteiger partial charge is 0.339 e. The Labute approximate surface area is 412 Å². The minimum atomic E-state index is 0.112. The standard InChI is InChI=1S/C42H85N13O3S6/c1-2-19-53(22-16-50-40(44)45)37(56)12-34-62-29-7-4-26-60-32-10-21-55(24-18-52-42(48)49)39(58)14-36-64-30-8-5-27-61-33-11-20-54(23-17-51-41(46)47)38(57)13-35-63-28-6-3-25-59-31-9-15-43/h2H,1,3-36,43H2,(H4,44,45,50)(H4,46,47,51)(H4,48,49,52)/p+3. The van der Waals surface area contributed by atoms with Crippen molar-refractivity contribution in [3.63, 3.8) is 0 Å². The summed E-state index contributed by atoms with van der Waals surface area (Å²) in [5, 5.41) is 0. The molecule has 64 heavy (non-hydrogen) atoms. The fraction of sp³-hybridized carbons (Fsp3) is 0.810. The molecule has 0 fully saturated rings. The zero-order valence-corrected chi connectivity index (χ0v) is 43.8. The molecule has 0 aromatic rings. The molecule has 3 amide bonds. The van der Waals surface area contributed by atoms with Gasteiger partial charge >= 0.3 is 17.9 Å². The van der Waals surface area contributed by atoms with Crippen molar-refractivity contribution in [2.75, 3.05) is 134 Å². The van der Waals surface area contributed by atoms with Gasteiger partial charge in [-0.05, 0) is 116 Å². The van der Waals surface area contributed by atoms with Crippen molar-refractivity contribution in [2.24, 2.45) is 40.1 Å². The second-order valence-electron chi connectivity index (χ2n) is 14.9. The van der Waals surface area contributed by atoms with Gasteiger partial charge in [0.1, 0.15) is 0 Å². The Balaban J connectivity index is 4.23. The summed E-state index contributed by atoms with van der Waals surface area (Å²) >= 11 is 11.4. The van der Waals surface area contributed by atoms with E-state index in [0.717, 1.165) is 128 Å². The molecule has 0 heterocycles. The lowest BCUT2D eigenvalue weighted by molar-refractivity contribution is -0.459. The van der Waals surface area contributed by atoms with Crippen LogP contribution in [0.25, 0.3) is 0 Å². The number of rotatable bonds is 46. The molecule has 0 saturated carbocycles. The van der Waals surface area contributed by atoms with Crippen LogP contribution in [0.1, 0.15) is 77.0 Å². The highest BCUT2D eigenvalue weighted by Gasteiger charge is 2.15. The highest BCUT2D eigenvalue weighted by molar-refractivity contribution is 8.00. The molecule has 0 radical (unpaired) electrons. The van der Waals surface area contributed by atoms with E-state index >= 15 is 0 Å². The molecule has 372 valence electrons. The molecule has 0 atom stereocenters. The van der Waals surface area contributed by atoms with Gasteiger partial charge in [0.15, 0.2) is 0 Å². The monoisotopic (exact) mass is 1010 g/mol. The Kier molecular flexibility index (Phi) is 44.7. The van der Waals surface area contributed by atoms with Crippen LogP contribution >= 0.6 is 70.6 Å². The molecule has 0 rings (SSSR count). The zero-order valence-electron chi connectivity index (χ0n) is 38.9. The average molecular weight is 1020 g/mol. The van der Waals surface area contributed by atoms with Crippen molar-refractivity contribution >= 4 is 106 Å². The van der Waals surface area contributed by atoms with E-state index in [1.807, 2.05) is 80.4 Å². The minimum absolute atomic E-state index is 0.112. The molecule has 0 aliphatic heterocycles. The molecule has 0 unspecified atom stereocenters. The Morgan fingerprint density at radius 1 is 0.406 bits per heavy atom. The maximum absolute atomic E-state index is 13.2. The zero-order chi connectivity index (χ0) is 47.3. The number of nitrogens with two attached hydrogens (primary N) is 7. The first kappa shape index (κ1) is 62.0. The van der Waals surface area contributed by atoms with E-state index in [1.54, 1.807) is 11.0 Å². The van der Waals surface area contributed by atoms with E-state index < -0.39 is 0 Å². The van der Waals surface area contributed by atoms with Gasteiger partial charge in [-0.15, -0.1) is 6.58 Å². The number of carbonyl (C=O) groups excluding carboxylic acids is 3. The normalized spacial score (nSPS) is 10.9. The van der Waals surface area contributed by atoms with Crippen molar-refractivity contribution in [1.82, 2.24) is 14.7 Å². The summed E-state index contributed by atoms with van der Waals surface area (Å²) in [5.74, 6) is 13.2. The topological polar surface area (TPSA) is 285 Å². The van der Waals surface area contributed by atoms with Crippen LogP contribution in [0.3, 0.4) is 0 Å². The molecular weight excluding hydrogens is 927 g/mol. The van der Waals surface area contributed by atoms with Gasteiger partial charge in [0.05, 0.1) is 39.3 Å². The third-order valence-electron chi connectivity index (χ3n) is 9.33. The lowest BCUT2D eigenvalue weighted by atomic mass is 10.3. The number of hydrogen-bond acceptors (Lipinski definition) is 10. The highest BCUT2D eigenvalue weighted by Crippen LogP contribution is 2.15. The number of guanidine groups is 3. The van der Waals surface area contributed by atoms with Crippen LogP contribution in [0.5, 0.6) is 0 Å². The van der Waals surface area contributed by atoms with Crippen LogP contribution in [0.4, 0.5) is 0 Å². The van der Waals surface area contributed by atoms with Crippen molar-refractivity contribution < 1.29 is 29.4 Å². The first-order valence-corrected chi connectivity index (χ1v) is 29.9. The molecular formula is C42H88N13O3S6+3. The molecule has 0 bridgehead atoms. The number of carbonyl (C=O) groups is 3. The molecule has 22 heteroatoms. The average Bonchev–Trinajstić information content (AvgIpc) is 3.25. The number of thioether (sulfide) groups is 6. The number of unbranched alkanes of at least 4 members (excludes halogenated alkanes) is 3. The summed E-state index contributed by atoms with van der Waals surface area (Å²) in [6.45, 7) is 9.79. The van der Waals surface area contributed by atoms with E-state index in [2.05, 4.69) is 21.6 Å². The van der Waals surface area contributed by atoms with Crippen molar-refractivity contribution in [3.8, 4) is 0 Å². The minimum Gasteiger partial charge on any atom is -0.339 e. The fourth-order valence-corrected chi connectivity index (χ4v) is 11.6. The Morgan fingerprint density at radius 3 is 1.00 bits per heavy atom. The highest BCUT2D eigenvalue weighted by atomic mass is 32.2. The third-order valence-corrected chi connectivity index (χ3v) is 16.0. The first-order valence-electron chi connectivity index (χ1n) is 23.0. The van der Waals surface area contributed by atoms with Crippen LogP contribution in [-0.2, 0) is 14.4 Å². The van der Waals surface area contributed by atoms with Crippen LogP contribution < -0.4 is 55.1 Å². The van der Waals surface area contributed by atoms with Gasteiger partial charge in [0.25, 0.3) is 0 Å². The number of nitrogens with one attached hydrogen (secondary N) is 3. The maximum Gasteiger partial charge on any atom is 0.338 e. The summed E-state index contributed by atoms with van der Waals surface area (Å²) in [4.78, 5) is 53.1. The van der Waals surface area contributed by atoms with Crippen LogP contribution in [0.2, 0.25) is 0 Å². The predicted octanol–water partition coefficient (Wildman–Crippen LogP) is -2.24. The summed E-state index contributed by atoms with van der Waals surface area (Å²) in [6, 6.07) is 0. The van der Waals surface area contributed by atoms with Gasteiger partial charge in [0, 0.05) is 56.2 Å². The van der Waals surface area contributed by atoms with Gasteiger partial charge < -0.3 is 20.4 Å². The van der Waals surface area contributed by atoms with E-state index in [4.69, 9.17) is 40.1 Å². The molecule has 17 N–H and O–H groups in total. The molecule has 16 nitrogen and oxygen atoms in total. The molecule has 0 aliphatic carbocycles. The number of amides is 3. The molecule has 0 spiro atoms. The summed E-state index contributed by atoms with van der Waals surface area (Å²) in [7, 11) is 0. The lowest BCUT2D eigenvalue weighted by Gasteiger charge is -2.22. The Bertz CT molecular complexity index is 1280. The quantitative estimate of drug-likeness (QED) is 0.0134. The third kappa shape index (κ3) is 41.5. The van der Waals surface area contributed by atoms with Gasteiger partial charge in [-0.2, -0.15) is 70.6 Å². The second-order valence-corrected chi connectivity index (χ2v) is 22.3. The van der Waals surface area contributed by atoms with Crippen LogP contribution in [0, 0.1) is 0 Å². The summed E-state index contributed by atoms with van der Waals surface area (Å²) < 4.78 is 0. The van der Waals surface area contributed by atoms with Gasteiger partial charge in [-0.25, -0.2) is 0 Å². The molecule has 0 aromatic carbocycles. The lowest BCUT2D eigenvalue weighted by Crippen LogP contribution is -2.79. The second kappa shape index (κ2) is 46.1. The van der Waals surface area contributed by atoms with E-state index in [0.29, 0.717) is 65.1 Å². The van der Waals surface area contributed by atoms with Crippen LogP contribution in [0.15, 0.2) is 12.7 Å². The molecule has 0 saturated heterocycles. The fourth-order valence-electron chi connectivity index (χ4n) is 5.89. The maximum atomic E-state index is 13.2. The summed E-state index contributed by atoms with van der Waals surface area (Å²) in [6.07, 6.45) is 13.2. The van der Waals surface area contributed by atoms with Gasteiger partial charge in [0.2, 0.25) is 17.7 Å². The Hall–Kier alpha value is -1.98. The molecule has 0 aliphatic rings. The van der Waals surface area contributed by atoms with Crippen molar-refractivity contribution in [3.05, 3.63) is 12.7 Å². The van der Waals surface area contributed by atoms with Crippen molar-refractivity contribution in [2.45, 2.75) is 77.0 Å². The SMILES string of the molecule is C=CCN(CC[NH+]=C(N)N)C(=O)CCSCCCCSCCCN(CC[NH+]=C(N)N)C(=O)CCSCCCCSCCCN(CC[NH+]=C(N)N)C(=O)CCSCCCCSCCCN. The van der Waals surface area contributed by atoms with E-state index in [9.17, 15) is 14.4 Å². The van der Waals surface area contributed by atoms with Gasteiger partial charge in [-0.1, -0.05) is 6.08 Å². The number of hydrogen-bond donors (Lipinski definition) is 10. The first-order chi connectivity index (χ1) is 31.0.